The molecule has 5 heteroatoms. The molecule has 0 radical (unpaired) electrons. The Bertz CT molecular complexity index is 1020. The summed E-state index contributed by atoms with van der Waals surface area (Å²) in [5, 5.41) is 4.28. The number of benzene rings is 4. The van der Waals surface area contributed by atoms with E-state index in [-0.39, 0.29) is 64.5 Å². The van der Waals surface area contributed by atoms with Crippen LogP contribution in [0.2, 0.25) is 0 Å². The summed E-state index contributed by atoms with van der Waals surface area (Å²) in [6, 6.07) is 42.0. The van der Waals surface area contributed by atoms with Crippen molar-refractivity contribution in [2.75, 3.05) is 0 Å². The van der Waals surface area contributed by atoms with Crippen LogP contribution in [0, 0.1) is 6.08 Å². The van der Waals surface area contributed by atoms with Crippen molar-refractivity contribution in [3.05, 3.63) is 132 Å². The minimum atomic E-state index is -2.38. The van der Waals surface area contributed by atoms with Crippen LogP contribution < -0.4 is 52.8 Å². The van der Waals surface area contributed by atoms with Crippen LogP contribution in [-0.4, -0.2) is 8.07 Å². The van der Waals surface area contributed by atoms with Gasteiger partial charge >= 0.3 is 21.7 Å². The molecule has 1 unspecified atom stereocenters. The summed E-state index contributed by atoms with van der Waals surface area (Å²) in [5.41, 5.74) is 2.94. The van der Waals surface area contributed by atoms with E-state index in [9.17, 15) is 0 Å². The third-order valence-electron chi connectivity index (χ3n) is 5.83. The fourth-order valence-corrected chi connectivity index (χ4v) is 9.85. The fourth-order valence-electron chi connectivity index (χ4n) is 4.63. The molecule has 1 atom stereocenters. The van der Waals surface area contributed by atoms with Crippen molar-refractivity contribution in [3.63, 3.8) is 0 Å². The van der Waals surface area contributed by atoms with Crippen LogP contribution in [0.4, 0.5) is 0 Å². The standard InChI is InChI=1S/C27H21Si.3ClH.Ti/c1-4-13-23(14-5-1)28(24-15-6-2-7-16-24,25-17-8-3-9-18-25)27-21-20-22-12-10-11-19-26(22)27;;;;/h1-20,27H;3*1H;/q-1;;;;+4/p-3. The first-order valence-electron chi connectivity index (χ1n) is 9.75. The molecule has 0 aromatic heterocycles. The Kier molecular flexibility index (Phi) is 11.2. The Labute approximate surface area is 225 Å². The molecule has 1 aliphatic carbocycles. The van der Waals surface area contributed by atoms with Gasteiger partial charge in [-0.05, 0) is 15.6 Å². The van der Waals surface area contributed by atoms with Crippen molar-refractivity contribution in [3.8, 4) is 0 Å². The van der Waals surface area contributed by atoms with Gasteiger partial charge in [-0.1, -0.05) is 115 Å². The van der Waals surface area contributed by atoms with E-state index in [4.69, 9.17) is 0 Å². The summed E-state index contributed by atoms with van der Waals surface area (Å²) in [7, 11) is -2.38. The topological polar surface area (TPSA) is 0 Å². The number of fused-ring (bicyclic) bond motifs is 1. The second-order valence-electron chi connectivity index (χ2n) is 7.28. The van der Waals surface area contributed by atoms with Crippen molar-refractivity contribution in [2.45, 2.75) is 5.54 Å². The Morgan fingerprint density at radius 1 is 0.500 bits per heavy atom. The van der Waals surface area contributed by atoms with Crippen molar-refractivity contribution in [1.29, 1.82) is 0 Å². The van der Waals surface area contributed by atoms with Crippen LogP contribution in [0.25, 0.3) is 6.08 Å². The summed E-state index contributed by atoms with van der Waals surface area (Å²) in [6.45, 7) is 0. The third-order valence-corrected chi connectivity index (χ3v) is 10.9. The molecule has 0 aliphatic heterocycles. The quantitative estimate of drug-likeness (QED) is 0.142. The van der Waals surface area contributed by atoms with Crippen molar-refractivity contribution in [2.24, 2.45) is 0 Å². The van der Waals surface area contributed by atoms with E-state index in [1.807, 2.05) is 0 Å². The maximum Gasteiger partial charge on any atom is 4.00 e. The Morgan fingerprint density at radius 2 is 0.875 bits per heavy atom. The SMILES string of the molecule is [C-]1=Cc2ccccc2C1[Si](c1ccccc1)(c1ccccc1)c1ccccc1.[Cl-].[Cl-].[Cl-].[Ti+4]. The van der Waals surface area contributed by atoms with Gasteiger partial charge in [0.2, 0.25) is 0 Å². The molecule has 0 fully saturated rings. The summed E-state index contributed by atoms with van der Waals surface area (Å²) < 4.78 is 0. The van der Waals surface area contributed by atoms with Gasteiger partial charge in [0, 0.05) is 0 Å². The van der Waals surface area contributed by atoms with E-state index in [2.05, 4.69) is 127 Å². The minimum Gasteiger partial charge on any atom is -1.00 e. The number of hydrogen-bond acceptors (Lipinski definition) is 0. The second kappa shape index (κ2) is 12.6. The predicted molar refractivity (Wildman–Crippen MR) is 121 cm³/mol. The van der Waals surface area contributed by atoms with Gasteiger partial charge in [0.25, 0.3) is 0 Å². The van der Waals surface area contributed by atoms with Gasteiger partial charge in [-0.2, -0.15) is 5.56 Å². The fraction of sp³-hybridized carbons (Fsp3) is 0.0370. The maximum atomic E-state index is 3.80. The van der Waals surface area contributed by atoms with Crippen LogP contribution in [0.15, 0.2) is 115 Å². The van der Waals surface area contributed by atoms with Gasteiger partial charge in [-0.25, -0.2) is 6.08 Å². The Balaban J connectivity index is 0.00000128. The zero-order valence-electron chi connectivity index (χ0n) is 17.3. The zero-order chi connectivity index (χ0) is 18.8. The van der Waals surface area contributed by atoms with E-state index in [1.165, 1.54) is 26.7 Å². The van der Waals surface area contributed by atoms with E-state index in [0.717, 1.165) is 0 Å². The summed E-state index contributed by atoms with van der Waals surface area (Å²) in [4.78, 5) is 0. The molecule has 0 nitrogen and oxygen atoms in total. The number of allylic oxidation sites excluding steroid dienone is 1. The minimum absolute atomic E-state index is 0. The largest absolute Gasteiger partial charge is 4.00 e. The molecule has 1 aliphatic rings. The van der Waals surface area contributed by atoms with Crippen molar-refractivity contribution in [1.82, 2.24) is 0 Å². The molecule has 4 aromatic rings. The Morgan fingerprint density at radius 3 is 1.31 bits per heavy atom. The smallest absolute Gasteiger partial charge is 1.00 e. The van der Waals surface area contributed by atoms with Crippen LogP contribution in [-0.2, 0) is 21.7 Å². The van der Waals surface area contributed by atoms with Gasteiger partial charge in [0.1, 0.15) is 8.07 Å². The van der Waals surface area contributed by atoms with Gasteiger partial charge < -0.3 is 37.2 Å². The van der Waals surface area contributed by atoms with E-state index < -0.39 is 8.07 Å². The molecular formula is C27H21Cl3SiTi. The monoisotopic (exact) mass is 526 g/mol. The van der Waals surface area contributed by atoms with Gasteiger partial charge in [0.15, 0.2) is 0 Å². The first-order valence-corrected chi connectivity index (χ1v) is 11.8. The van der Waals surface area contributed by atoms with Gasteiger partial charge in [-0.3, -0.25) is 6.08 Å². The average Bonchev–Trinajstić information content (AvgIpc) is 3.21. The molecule has 5 rings (SSSR count). The molecule has 0 saturated heterocycles. The normalized spacial score (nSPS) is 13.4. The van der Waals surface area contributed by atoms with Crippen LogP contribution in [0.1, 0.15) is 16.7 Å². The number of halogens is 3. The van der Waals surface area contributed by atoms with Crippen molar-refractivity contribution < 1.29 is 58.9 Å². The van der Waals surface area contributed by atoms with E-state index in [0.29, 0.717) is 0 Å². The maximum absolute atomic E-state index is 3.80. The molecule has 158 valence electrons. The summed E-state index contributed by atoms with van der Waals surface area (Å²) in [6.07, 6.45) is 5.99. The Hall–Kier alpha value is -1.58. The molecule has 0 N–H and O–H groups in total. The molecule has 32 heavy (non-hydrogen) atoms. The molecule has 0 spiro atoms. The summed E-state index contributed by atoms with van der Waals surface area (Å²) in [5.74, 6) is 0. The van der Waals surface area contributed by atoms with Crippen LogP contribution in [0.5, 0.6) is 0 Å². The first kappa shape index (κ1) is 28.5. The van der Waals surface area contributed by atoms with Gasteiger partial charge in [-0.15, -0.1) is 11.6 Å². The third kappa shape index (κ3) is 4.84. The van der Waals surface area contributed by atoms with Crippen LogP contribution in [0.3, 0.4) is 0 Å². The number of hydrogen-bond donors (Lipinski definition) is 0. The van der Waals surface area contributed by atoms with Crippen LogP contribution >= 0.6 is 0 Å². The molecule has 0 heterocycles. The zero-order valence-corrected chi connectivity index (χ0v) is 22.1. The summed E-state index contributed by atoms with van der Waals surface area (Å²) >= 11 is 0. The molecular weight excluding hydrogens is 507 g/mol. The molecule has 4 aromatic carbocycles. The molecule has 0 bridgehead atoms. The molecule has 0 saturated carbocycles. The second-order valence-corrected chi connectivity index (χ2v) is 11.2. The predicted octanol–water partition coefficient (Wildman–Crippen LogP) is -4.68. The van der Waals surface area contributed by atoms with E-state index in [1.54, 1.807) is 0 Å². The first-order chi connectivity index (χ1) is 13.9. The van der Waals surface area contributed by atoms with Crippen molar-refractivity contribution >= 4 is 29.7 Å². The average molecular weight is 528 g/mol. The number of rotatable bonds is 4. The van der Waals surface area contributed by atoms with E-state index >= 15 is 0 Å². The molecule has 0 amide bonds. The van der Waals surface area contributed by atoms with Gasteiger partial charge in [0.05, 0.1) is 0 Å².